The van der Waals surface area contributed by atoms with Crippen LogP contribution in [0.15, 0.2) is 36.7 Å². The van der Waals surface area contributed by atoms with Crippen molar-refractivity contribution < 1.29 is 18.0 Å². The highest BCUT2D eigenvalue weighted by Gasteiger charge is 2.18. The number of fused-ring (bicyclic) bond motifs is 1. The number of pyridine rings is 1. The molecule has 0 unspecified atom stereocenters. The maximum atomic E-state index is 13.8. The van der Waals surface area contributed by atoms with Gasteiger partial charge in [-0.25, -0.2) is 23.1 Å². The van der Waals surface area contributed by atoms with E-state index in [2.05, 4.69) is 25.6 Å². The summed E-state index contributed by atoms with van der Waals surface area (Å²) >= 11 is 1.50. The highest BCUT2D eigenvalue weighted by molar-refractivity contribution is 7.18. The largest absolute Gasteiger partial charge is 0.360 e. The molecule has 0 fully saturated rings. The Labute approximate surface area is 179 Å². The highest BCUT2D eigenvalue weighted by Crippen LogP contribution is 2.34. The van der Waals surface area contributed by atoms with E-state index < -0.39 is 29.0 Å². The number of hydrogen-bond donors (Lipinski definition) is 2. The third kappa shape index (κ3) is 4.06. The topological polar surface area (TPSA) is 79.8 Å². The average molecular weight is 443 g/mol. The maximum absolute atomic E-state index is 13.8. The number of amides is 1. The molecule has 0 atom stereocenters. The monoisotopic (exact) mass is 443 g/mol. The number of anilines is 2. The molecule has 1 amide bonds. The molecule has 158 valence electrons. The summed E-state index contributed by atoms with van der Waals surface area (Å²) in [5, 5.41) is 5.96. The molecule has 6 nitrogen and oxygen atoms in total. The van der Waals surface area contributed by atoms with Crippen LogP contribution in [0.25, 0.3) is 21.6 Å². The Morgan fingerprint density at radius 1 is 1.10 bits per heavy atom. The van der Waals surface area contributed by atoms with Crippen LogP contribution in [0.1, 0.15) is 10.4 Å². The first-order valence-electron chi connectivity index (χ1n) is 9.20. The van der Waals surface area contributed by atoms with Crippen LogP contribution in [0.3, 0.4) is 0 Å². The first-order chi connectivity index (χ1) is 14.8. The van der Waals surface area contributed by atoms with Crippen molar-refractivity contribution in [2.75, 3.05) is 17.2 Å². The molecule has 2 N–H and O–H groups in total. The van der Waals surface area contributed by atoms with Crippen molar-refractivity contribution in [3.8, 4) is 11.4 Å². The van der Waals surface area contributed by atoms with Gasteiger partial charge in [-0.15, -0.1) is 11.3 Å². The molecule has 0 saturated carbocycles. The van der Waals surface area contributed by atoms with E-state index in [1.54, 1.807) is 18.5 Å². The number of nitrogens with zero attached hydrogens (tertiary/aromatic N) is 3. The Morgan fingerprint density at radius 2 is 1.90 bits per heavy atom. The van der Waals surface area contributed by atoms with Crippen LogP contribution in [-0.2, 0) is 4.79 Å². The molecular weight excluding hydrogens is 427 g/mol. The number of thiophene rings is 1. The Balaban J connectivity index is 1.62. The van der Waals surface area contributed by atoms with Gasteiger partial charge in [0.25, 0.3) is 0 Å². The van der Waals surface area contributed by atoms with Gasteiger partial charge in [-0.05, 0) is 43.7 Å². The summed E-state index contributed by atoms with van der Waals surface area (Å²) in [6.45, 7) is 3.63. The van der Waals surface area contributed by atoms with Crippen molar-refractivity contribution >= 4 is 39.0 Å². The van der Waals surface area contributed by atoms with E-state index in [4.69, 9.17) is 0 Å². The van der Waals surface area contributed by atoms with Crippen LogP contribution in [0.4, 0.5) is 24.7 Å². The summed E-state index contributed by atoms with van der Waals surface area (Å²) in [7, 11) is 0. The molecule has 0 aliphatic carbocycles. The second-order valence-corrected chi connectivity index (χ2v) is 7.93. The van der Waals surface area contributed by atoms with Crippen molar-refractivity contribution in [3.63, 3.8) is 0 Å². The number of aryl methyl sites for hydroxylation is 2. The molecule has 4 rings (SSSR count). The molecule has 0 aliphatic rings. The van der Waals surface area contributed by atoms with E-state index in [1.807, 2.05) is 19.9 Å². The summed E-state index contributed by atoms with van der Waals surface area (Å²) in [6.07, 6.45) is 3.28. The van der Waals surface area contributed by atoms with Gasteiger partial charge >= 0.3 is 0 Å². The number of halogens is 3. The van der Waals surface area contributed by atoms with Gasteiger partial charge < -0.3 is 10.6 Å². The summed E-state index contributed by atoms with van der Waals surface area (Å²) in [6, 6.07) is 5.29. The number of benzene rings is 1. The average Bonchev–Trinajstić information content (AvgIpc) is 3.06. The second kappa shape index (κ2) is 8.31. The number of carbonyl (C=O) groups is 1. The lowest BCUT2D eigenvalue weighted by atomic mass is 10.2. The van der Waals surface area contributed by atoms with E-state index >= 15 is 0 Å². The van der Waals surface area contributed by atoms with Gasteiger partial charge in [0.2, 0.25) is 5.91 Å². The number of nitrogens with one attached hydrogen (secondary N) is 2. The van der Waals surface area contributed by atoms with Crippen molar-refractivity contribution in [1.29, 1.82) is 0 Å². The fourth-order valence-electron chi connectivity index (χ4n) is 2.98. The predicted octanol–water partition coefficient (Wildman–Crippen LogP) is 4.84. The first-order valence-corrected chi connectivity index (χ1v) is 10.0. The first kappa shape index (κ1) is 20.7. The zero-order chi connectivity index (χ0) is 22.1. The molecular formula is C21H16F3N5OS. The number of aromatic nitrogens is 3. The minimum absolute atomic E-state index is 0.272. The zero-order valence-corrected chi connectivity index (χ0v) is 17.3. The molecule has 3 heterocycles. The third-order valence-electron chi connectivity index (χ3n) is 4.67. The van der Waals surface area contributed by atoms with E-state index in [9.17, 15) is 18.0 Å². The highest BCUT2D eigenvalue weighted by atomic mass is 32.1. The molecule has 0 saturated heterocycles. The van der Waals surface area contributed by atoms with Crippen LogP contribution in [0, 0.1) is 31.3 Å². The molecule has 10 heteroatoms. The number of carbonyl (C=O) groups excluding carboxylic acids is 1. The molecule has 3 aromatic heterocycles. The number of hydrogen-bond acceptors (Lipinski definition) is 6. The maximum Gasteiger partial charge on any atom is 0.243 e. The van der Waals surface area contributed by atoms with Gasteiger partial charge in [0.1, 0.15) is 10.6 Å². The normalized spacial score (nSPS) is 11.0. The predicted molar refractivity (Wildman–Crippen MR) is 114 cm³/mol. The molecule has 1 aromatic carbocycles. The molecule has 0 spiro atoms. The van der Waals surface area contributed by atoms with Crippen molar-refractivity contribution in [3.05, 3.63) is 64.6 Å². The van der Waals surface area contributed by atoms with Crippen LogP contribution < -0.4 is 10.6 Å². The van der Waals surface area contributed by atoms with Crippen LogP contribution in [0.2, 0.25) is 0 Å². The molecule has 4 aromatic rings. The Kier molecular flexibility index (Phi) is 5.55. The molecule has 0 aliphatic heterocycles. The smallest absolute Gasteiger partial charge is 0.243 e. The summed E-state index contributed by atoms with van der Waals surface area (Å²) < 4.78 is 40.3. The fraction of sp³-hybridized carbons (Fsp3) is 0.143. The summed E-state index contributed by atoms with van der Waals surface area (Å²) in [4.78, 5) is 27.4. The van der Waals surface area contributed by atoms with Crippen molar-refractivity contribution in [1.82, 2.24) is 15.0 Å². The minimum atomic E-state index is -1.64. The van der Waals surface area contributed by atoms with Gasteiger partial charge in [-0.3, -0.25) is 9.78 Å². The van der Waals surface area contributed by atoms with E-state index in [-0.39, 0.29) is 6.54 Å². The lowest BCUT2D eigenvalue weighted by Crippen LogP contribution is -2.23. The van der Waals surface area contributed by atoms with Crippen molar-refractivity contribution in [2.45, 2.75) is 13.8 Å². The van der Waals surface area contributed by atoms with Crippen molar-refractivity contribution in [2.24, 2.45) is 0 Å². The van der Waals surface area contributed by atoms with E-state index in [1.165, 1.54) is 11.3 Å². The van der Waals surface area contributed by atoms with Gasteiger partial charge in [-0.2, -0.15) is 0 Å². The van der Waals surface area contributed by atoms with E-state index in [0.717, 1.165) is 32.8 Å². The molecule has 0 radical (unpaired) electrons. The molecule has 0 bridgehead atoms. The quantitative estimate of drug-likeness (QED) is 0.432. The third-order valence-corrected chi connectivity index (χ3v) is 5.78. The lowest BCUT2D eigenvalue weighted by Gasteiger charge is -2.11. The standard InChI is InChI=1S/C21H16F3N5OS/c1-10-11(2)31-21-16(10)20(28-19(29-21)12-4-3-7-25-8-12)26-9-15(30)27-14-6-5-13(22)17(23)18(14)24/h3-8H,9H2,1-2H3,(H,27,30)(H,26,28,29). The van der Waals surface area contributed by atoms with Gasteiger partial charge in [0, 0.05) is 22.8 Å². The molecule has 31 heavy (non-hydrogen) atoms. The Hall–Kier alpha value is -3.53. The number of rotatable bonds is 5. The van der Waals surface area contributed by atoms with Gasteiger partial charge in [0.15, 0.2) is 23.3 Å². The van der Waals surface area contributed by atoms with Gasteiger partial charge in [-0.1, -0.05) is 0 Å². The SMILES string of the molecule is Cc1sc2nc(-c3cccnc3)nc(NCC(=O)Nc3ccc(F)c(F)c3F)c2c1C. The Bertz CT molecular complexity index is 1290. The van der Waals surface area contributed by atoms with E-state index in [0.29, 0.717) is 17.2 Å². The summed E-state index contributed by atoms with van der Waals surface area (Å²) in [5.74, 6) is -4.20. The Morgan fingerprint density at radius 3 is 2.65 bits per heavy atom. The van der Waals surface area contributed by atoms with Crippen LogP contribution in [-0.4, -0.2) is 27.4 Å². The fourth-order valence-corrected chi connectivity index (χ4v) is 4.01. The summed E-state index contributed by atoms with van der Waals surface area (Å²) in [5.41, 5.74) is 1.24. The lowest BCUT2D eigenvalue weighted by molar-refractivity contribution is -0.114. The van der Waals surface area contributed by atoms with Crippen LogP contribution in [0.5, 0.6) is 0 Å². The van der Waals surface area contributed by atoms with Crippen LogP contribution >= 0.6 is 11.3 Å². The van der Waals surface area contributed by atoms with Gasteiger partial charge in [0.05, 0.1) is 17.6 Å². The zero-order valence-electron chi connectivity index (χ0n) is 16.5. The second-order valence-electron chi connectivity index (χ2n) is 6.73. The minimum Gasteiger partial charge on any atom is -0.360 e.